The van der Waals surface area contributed by atoms with Gasteiger partial charge in [-0.15, -0.1) is 0 Å². The van der Waals surface area contributed by atoms with E-state index in [4.69, 9.17) is 19.3 Å². The summed E-state index contributed by atoms with van der Waals surface area (Å²) in [6, 6.07) is 0.589. The number of aliphatic hydroxyl groups excluding tert-OH is 1. The van der Waals surface area contributed by atoms with Crippen LogP contribution in [0.4, 0.5) is 0 Å². The van der Waals surface area contributed by atoms with Gasteiger partial charge < -0.3 is 29.0 Å². The molecule has 0 aliphatic heterocycles. The predicted octanol–water partition coefficient (Wildman–Crippen LogP) is 15.0. The van der Waals surface area contributed by atoms with E-state index >= 15 is 0 Å². The van der Waals surface area contributed by atoms with E-state index in [1.54, 1.807) is 0 Å². The standard InChI is InChI=1S/C18H36O2S2.C18H38OS2.C16H33NO3/c1-3-5-7-9-11-13-21-15-18(20-17-19)16-22-14-12-10-8-6-4-2;1-4-6-8-10-12-14-20-16-18(19-3)17-21-15-13-11-9-7-5-2;1-3-4-6-9-16(10-7-5-8-12-18)17(2)11-14-20-15-13-19/h17-18H,3-16H2,1-2H3;18H,4-17H2,1-3H3;12,16,19H,3-11,13-15H2,1-2H3. The van der Waals surface area contributed by atoms with Crippen molar-refractivity contribution < 1.29 is 28.9 Å². The second-order valence-corrected chi connectivity index (χ2v) is 21.7. The van der Waals surface area contributed by atoms with Gasteiger partial charge in [-0.2, -0.15) is 47.0 Å². The molecule has 1 unspecified atom stereocenters. The summed E-state index contributed by atoms with van der Waals surface area (Å²) in [5.74, 6) is 9.27. The summed E-state index contributed by atoms with van der Waals surface area (Å²) in [6.07, 6.45) is 37.8. The monoisotopic (exact) mass is 970 g/mol. The molecule has 0 rings (SSSR count). The molecule has 0 aliphatic carbocycles. The van der Waals surface area contributed by atoms with Crippen LogP contribution in [-0.4, -0.2) is 128 Å². The van der Waals surface area contributed by atoms with Gasteiger partial charge in [0.05, 0.1) is 25.9 Å². The molecule has 0 aromatic carbocycles. The molecule has 1 atom stereocenters. The van der Waals surface area contributed by atoms with E-state index in [1.165, 1.54) is 189 Å². The zero-order valence-electron chi connectivity index (χ0n) is 42.7. The van der Waals surface area contributed by atoms with E-state index in [0.29, 0.717) is 38.3 Å². The van der Waals surface area contributed by atoms with Crippen molar-refractivity contribution in [2.24, 2.45) is 0 Å². The Kier molecular flexibility index (Phi) is 67.0. The largest absolute Gasteiger partial charge is 0.463 e. The van der Waals surface area contributed by atoms with Gasteiger partial charge in [0, 0.05) is 49.1 Å². The topological polar surface area (TPSA) is 85.3 Å². The molecule has 0 aliphatic rings. The second-order valence-electron chi connectivity index (χ2n) is 17.1. The number of methoxy groups -OCH3 is 1. The van der Waals surface area contributed by atoms with Gasteiger partial charge in [0.2, 0.25) is 0 Å². The molecule has 0 saturated carbocycles. The fraction of sp³-hybridized carbons (Fsp3) is 0.962. The Morgan fingerprint density at radius 2 is 0.889 bits per heavy atom. The number of aliphatic hydroxyl groups is 1. The smallest absolute Gasteiger partial charge is 0.293 e. The molecule has 0 heterocycles. The first-order valence-electron chi connectivity index (χ1n) is 26.2. The van der Waals surface area contributed by atoms with Crippen LogP contribution in [0.5, 0.6) is 0 Å². The molecule has 0 spiro atoms. The van der Waals surface area contributed by atoms with Crippen LogP contribution < -0.4 is 0 Å². The minimum Gasteiger partial charge on any atom is -0.463 e. The van der Waals surface area contributed by atoms with Crippen molar-refractivity contribution in [3.05, 3.63) is 0 Å². The molecule has 0 aromatic rings. The van der Waals surface area contributed by atoms with Gasteiger partial charge in [0.25, 0.3) is 6.47 Å². The number of hydrogen-bond donors (Lipinski definition) is 1. The van der Waals surface area contributed by atoms with Crippen molar-refractivity contribution in [3.63, 3.8) is 0 Å². The van der Waals surface area contributed by atoms with E-state index in [-0.39, 0.29) is 12.7 Å². The lowest BCUT2D eigenvalue weighted by molar-refractivity contribution is -0.131. The first-order chi connectivity index (χ1) is 30.9. The van der Waals surface area contributed by atoms with Crippen LogP contribution in [0.3, 0.4) is 0 Å². The molecule has 0 aromatic heterocycles. The lowest BCUT2D eigenvalue weighted by Crippen LogP contribution is -2.34. The van der Waals surface area contributed by atoms with Crippen LogP contribution in [0.15, 0.2) is 0 Å². The normalized spacial score (nSPS) is 11.7. The lowest BCUT2D eigenvalue weighted by atomic mass is 10.0. The third-order valence-electron chi connectivity index (χ3n) is 11.1. The number of carbonyl (C=O) groups excluding carboxylic acids is 2. The highest BCUT2D eigenvalue weighted by atomic mass is 32.2. The van der Waals surface area contributed by atoms with E-state index < -0.39 is 0 Å². The Morgan fingerprint density at radius 3 is 1.25 bits per heavy atom. The Balaban J connectivity index is -0.000000858. The highest BCUT2D eigenvalue weighted by Gasteiger charge is 2.14. The number of aldehydes is 1. The highest BCUT2D eigenvalue weighted by Crippen LogP contribution is 2.19. The van der Waals surface area contributed by atoms with Gasteiger partial charge in [-0.1, -0.05) is 163 Å². The Labute approximate surface area is 410 Å². The van der Waals surface area contributed by atoms with Crippen LogP contribution in [0.2, 0.25) is 0 Å². The van der Waals surface area contributed by atoms with Gasteiger partial charge in [-0.25, -0.2) is 0 Å². The van der Waals surface area contributed by atoms with Crippen LogP contribution in [-0.2, 0) is 23.8 Å². The van der Waals surface area contributed by atoms with Gasteiger partial charge in [-0.3, -0.25) is 4.79 Å². The summed E-state index contributed by atoms with van der Waals surface area (Å²) in [6.45, 7) is 14.0. The molecule has 1 N–H and O–H groups in total. The van der Waals surface area contributed by atoms with Gasteiger partial charge in [-0.05, 0) is 75.0 Å². The Morgan fingerprint density at radius 1 is 0.508 bits per heavy atom. The summed E-state index contributed by atoms with van der Waals surface area (Å²) >= 11 is 8.04. The molecular formula is C52H107NO6S4. The molecule has 0 radical (unpaired) electrons. The molecule has 0 bridgehead atoms. The highest BCUT2D eigenvalue weighted by molar-refractivity contribution is 8.00. The number of thioether (sulfide) groups is 4. The first-order valence-corrected chi connectivity index (χ1v) is 30.8. The lowest BCUT2D eigenvalue weighted by Gasteiger charge is -2.28. The maximum absolute atomic E-state index is 10.6. The predicted molar refractivity (Wildman–Crippen MR) is 289 cm³/mol. The van der Waals surface area contributed by atoms with Crippen LogP contribution in [0.25, 0.3) is 0 Å². The summed E-state index contributed by atoms with van der Waals surface area (Å²) in [4.78, 5) is 23.3. The van der Waals surface area contributed by atoms with Crippen molar-refractivity contribution in [2.75, 3.05) is 86.5 Å². The minimum absolute atomic E-state index is 0.0926. The first kappa shape index (κ1) is 67.6. The van der Waals surface area contributed by atoms with E-state index in [1.807, 2.05) is 30.6 Å². The fourth-order valence-electron chi connectivity index (χ4n) is 6.86. The molecule has 63 heavy (non-hydrogen) atoms. The van der Waals surface area contributed by atoms with Crippen molar-refractivity contribution >= 4 is 59.8 Å². The molecule has 0 fully saturated rings. The summed E-state index contributed by atoms with van der Waals surface area (Å²) in [5.41, 5.74) is 0. The molecule has 380 valence electrons. The van der Waals surface area contributed by atoms with Crippen molar-refractivity contribution in [1.29, 1.82) is 0 Å². The fourth-order valence-corrected chi connectivity index (χ4v) is 11.4. The molecular weight excluding hydrogens is 863 g/mol. The molecule has 7 nitrogen and oxygen atoms in total. The Hall–Kier alpha value is 0.380. The van der Waals surface area contributed by atoms with Gasteiger partial charge in [0.1, 0.15) is 12.4 Å². The van der Waals surface area contributed by atoms with Crippen LogP contribution in [0.1, 0.15) is 214 Å². The molecule has 0 saturated heterocycles. The van der Waals surface area contributed by atoms with Crippen molar-refractivity contribution in [2.45, 2.75) is 233 Å². The zero-order chi connectivity index (χ0) is 47.0. The number of nitrogens with zero attached hydrogens (tertiary/aromatic N) is 1. The quantitative estimate of drug-likeness (QED) is 0.0467. The average Bonchev–Trinajstić information content (AvgIpc) is 3.29. The zero-order valence-corrected chi connectivity index (χ0v) is 46.0. The summed E-state index contributed by atoms with van der Waals surface area (Å²) in [5, 5.41) is 8.68. The van der Waals surface area contributed by atoms with E-state index in [9.17, 15) is 9.59 Å². The summed E-state index contributed by atoms with van der Waals surface area (Å²) in [7, 11) is 4.02. The molecule has 11 heteroatoms. The third-order valence-corrected chi connectivity index (χ3v) is 15.8. The maximum Gasteiger partial charge on any atom is 0.293 e. The van der Waals surface area contributed by atoms with Gasteiger partial charge in [0.15, 0.2) is 0 Å². The maximum atomic E-state index is 10.6. The minimum atomic E-state index is 0.0926. The second kappa shape index (κ2) is 62.4. The average molecular weight is 971 g/mol. The van der Waals surface area contributed by atoms with Crippen LogP contribution >= 0.6 is 47.0 Å². The molecule has 0 amide bonds. The third kappa shape index (κ3) is 58.4. The number of rotatable bonds is 50. The number of unbranched alkanes of at least 4 members (excludes halogenated alkanes) is 20. The number of hydrogen-bond acceptors (Lipinski definition) is 11. The van der Waals surface area contributed by atoms with Gasteiger partial charge >= 0.3 is 0 Å². The number of carbonyl (C=O) groups is 2. The SMILES string of the molecule is CCCCCC(CCCCC=O)N(C)CCOCCO.CCCCCCCSCC(CSCCCCCCC)OC.CCCCCCCSCC(CSCCCCCCC)OC=O. The number of ether oxygens (including phenoxy) is 3. The summed E-state index contributed by atoms with van der Waals surface area (Å²) < 4.78 is 16.1. The van der Waals surface area contributed by atoms with E-state index in [0.717, 1.165) is 43.6 Å². The number of likely N-dealkylation sites (N-methyl/N-ethyl adjacent to an activating group) is 1. The van der Waals surface area contributed by atoms with E-state index in [2.05, 4.69) is 70.1 Å². The van der Waals surface area contributed by atoms with Crippen LogP contribution in [0, 0.1) is 0 Å². The Bertz CT molecular complexity index is 800. The van der Waals surface area contributed by atoms with Crippen molar-refractivity contribution in [3.8, 4) is 0 Å². The van der Waals surface area contributed by atoms with Crippen molar-refractivity contribution in [1.82, 2.24) is 4.90 Å².